The van der Waals surface area contributed by atoms with E-state index in [1.165, 1.54) is 0 Å². The monoisotopic (exact) mass is 162 g/mol. The standard InChI is InChI=1S/C7H14O4/c1-4-3-11-5(2-8)7(10)6(4)9/h4-10H,2-3H2,1H3/t4-,5?,6+,7-/m0/s1. The second-order valence-electron chi connectivity index (χ2n) is 3.01. The van der Waals surface area contributed by atoms with Gasteiger partial charge in [0, 0.05) is 5.92 Å². The molecule has 1 unspecified atom stereocenters. The fraction of sp³-hybridized carbons (Fsp3) is 1.00. The van der Waals surface area contributed by atoms with Crippen molar-refractivity contribution in [2.45, 2.75) is 25.2 Å². The number of rotatable bonds is 1. The lowest BCUT2D eigenvalue weighted by molar-refractivity contribution is -0.170. The molecule has 11 heavy (non-hydrogen) atoms. The van der Waals surface area contributed by atoms with Crippen LogP contribution in [0.15, 0.2) is 0 Å². The second kappa shape index (κ2) is 3.49. The van der Waals surface area contributed by atoms with Crippen LogP contribution >= 0.6 is 0 Å². The first-order valence-corrected chi connectivity index (χ1v) is 3.75. The number of hydrogen-bond donors (Lipinski definition) is 3. The van der Waals surface area contributed by atoms with E-state index >= 15 is 0 Å². The Bertz CT molecular complexity index is 126. The predicted octanol–water partition coefficient (Wildman–Crippen LogP) is -1.26. The van der Waals surface area contributed by atoms with Gasteiger partial charge in [0.1, 0.15) is 12.2 Å². The summed E-state index contributed by atoms with van der Waals surface area (Å²) >= 11 is 0. The van der Waals surface area contributed by atoms with Crippen molar-refractivity contribution < 1.29 is 20.1 Å². The molecule has 4 heteroatoms. The highest BCUT2D eigenvalue weighted by Crippen LogP contribution is 2.19. The lowest BCUT2D eigenvalue weighted by Gasteiger charge is -2.35. The summed E-state index contributed by atoms with van der Waals surface area (Å²) in [7, 11) is 0. The van der Waals surface area contributed by atoms with Gasteiger partial charge in [-0.2, -0.15) is 0 Å². The number of hydrogen-bond acceptors (Lipinski definition) is 4. The third-order valence-corrected chi connectivity index (χ3v) is 2.07. The summed E-state index contributed by atoms with van der Waals surface area (Å²) in [5.41, 5.74) is 0. The first kappa shape index (κ1) is 8.93. The fourth-order valence-corrected chi connectivity index (χ4v) is 1.19. The second-order valence-corrected chi connectivity index (χ2v) is 3.01. The van der Waals surface area contributed by atoms with Crippen molar-refractivity contribution in [1.82, 2.24) is 0 Å². The first-order chi connectivity index (χ1) is 5.16. The fourth-order valence-electron chi connectivity index (χ4n) is 1.19. The molecule has 4 atom stereocenters. The summed E-state index contributed by atoms with van der Waals surface area (Å²) in [6.45, 7) is 1.94. The van der Waals surface area contributed by atoms with E-state index in [4.69, 9.17) is 9.84 Å². The molecule has 1 heterocycles. The molecular formula is C7H14O4. The van der Waals surface area contributed by atoms with Crippen LogP contribution in [-0.4, -0.2) is 46.8 Å². The topological polar surface area (TPSA) is 69.9 Å². The molecule has 4 nitrogen and oxygen atoms in total. The Morgan fingerprint density at radius 1 is 1.36 bits per heavy atom. The van der Waals surface area contributed by atoms with E-state index < -0.39 is 18.3 Å². The number of aliphatic hydroxyl groups excluding tert-OH is 3. The zero-order chi connectivity index (χ0) is 8.43. The largest absolute Gasteiger partial charge is 0.394 e. The van der Waals surface area contributed by atoms with E-state index in [1.54, 1.807) is 6.92 Å². The molecule has 0 spiro atoms. The Morgan fingerprint density at radius 2 is 2.00 bits per heavy atom. The Hall–Kier alpha value is -0.160. The quantitative estimate of drug-likeness (QED) is 0.450. The molecule has 1 aliphatic heterocycles. The Labute approximate surface area is 65.4 Å². The molecule has 1 rings (SSSR count). The normalized spacial score (nSPS) is 45.8. The molecule has 0 amide bonds. The van der Waals surface area contributed by atoms with E-state index in [0.29, 0.717) is 6.61 Å². The van der Waals surface area contributed by atoms with E-state index in [2.05, 4.69) is 0 Å². The van der Waals surface area contributed by atoms with Crippen molar-refractivity contribution in [1.29, 1.82) is 0 Å². The average molecular weight is 162 g/mol. The molecule has 0 radical (unpaired) electrons. The third-order valence-electron chi connectivity index (χ3n) is 2.07. The average Bonchev–Trinajstić information content (AvgIpc) is 2.01. The van der Waals surface area contributed by atoms with E-state index in [0.717, 1.165) is 0 Å². The molecule has 1 saturated heterocycles. The minimum Gasteiger partial charge on any atom is -0.394 e. The van der Waals surface area contributed by atoms with Gasteiger partial charge in [0.25, 0.3) is 0 Å². The van der Waals surface area contributed by atoms with Gasteiger partial charge in [-0.15, -0.1) is 0 Å². The lowest BCUT2D eigenvalue weighted by Crippen LogP contribution is -2.50. The van der Waals surface area contributed by atoms with Gasteiger partial charge in [-0.05, 0) is 0 Å². The van der Waals surface area contributed by atoms with Gasteiger partial charge in [0.2, 0.25) is 0 Å². The van der Waals surface area contributed by atoms with Crippen molar-refractivity contribution in [3.63, 3.8) is 0 Å². The van der Waals surface area contributed by atoms with Crippen LogP contribution in [0, 0.1) is 5.92 Å². The Morgan fingerprint density at radius 3 is 2.55 bits per heavy atom. The summed E-state index contributed by atoms with van der Waals surface area (Å²) in [6, 6.07) is 0. The van der Waals surface area contributed by atoms with E-state index in [-0.39, 0.29) is 12.5 Å². The minimum atomic E-state index is -0.955. The summed E-state index contributed by atoms with van der Waals surface area (Å²) in [6.07, 6.45) is -2.36. The molecule has 1 fully saturated rings. The maximum Gasteiger partial charge on any atom is 0.109 e. The van der Waals surface area contributed by atoms with Gasteiger partial charge < -0.3 is 20.1 Å². The van der Waals surface area contributed by atoms with Crippen molar-refractivity contribution in [3.8, 4) is 0 Å². The van der Waals surface area contributed by atoms with Crippen LogP contribution in [0.5, 0.6) is 0 Å². The smallest absolute Gasteiger partial charge is 0.109 e. The van der Waals surface area contributed by atoms with Crippen molar-refractivity contribution in [3.05, 3.63) is 0 Å². The number of aliphatic hydroxyl groups is 3. The van der Waals surface area contributed by atoms with Crippen LogP contribution in [0.25, 0.3) is 0 Å². The lowest BCUT2D eigenvalue weighted by atomic mass is 9.94. The van der Waals surface area contributed by atoms with Gasteiger partial charge in [-0.25, -0.2) is 0 Å². The highest BCUT2D eigenvalue weighted by atomic mass is 16.5. The van der Waals surface area contributed by atoms with Crippen molar-refractivity contribution in [2.75, 3.05) is 13.2 Å². The molecule has 0 saturated carbocycles. The van der Waals surface area contributed by atoms with Gasteiger partial charge in [-0.3, -0.25) is 0 Å². The van der Waals surface area contributed by atoms with Gasteiger partial charge in [0.15, 0.2) is 0 Å². The SMILES string of the molecule is C[C@H]1COC(CO)[C@H](O)[C@@H]1O. The van der Waals surface area contributed by atoms with Crippen LogP contribution < -0.4 is 0 Å². The Balaban J connectivity index is 2.52. The molecule has 0 aromatic rings. The summed E-state index contributed by atoms with van der Waals surface area (Å²) in [4.78, 5) is 0. The Kier molecular flexibility index (Phi) is 2.84. The summed E-state index contributed by atoms with van der Waals surface area (Å²) in [5.74, 6) is -0.0622. The zero-order valence-corrected chi connectivity index (χ0v) is 6.47. The summed E-state index contributed by atoms with van der Waals surface area (Å²) < 4.78 is 5.06. The van der Waals surface area contributed by atoms with Crippen molar-refractivity contribution >= 4 is 0 Å². The van der Waals surface area contributed by atoms with Gasteiger partial charge in [0.05, 0.1) is 19.3 Å². The predicted molar refractivity (Wildman–Crippen MR) is 38.0 cm³/mol. The molecule has 0 aliphatic carbocycles. The van der Waals surface area contributed by atoms with Gasteiger partial charge in [-0.1, -0.05) is 6.92 Å². The van der Waals surface area contributed by atoms with Crippen molar-refractivity contribution in [2.24, 2.45) is 5.92 Å². The van der Waals surface area contributed by atoms with Crippen LogP contribution in [0.4, 0.5) is 0 Å². The van der Waals surface area contributed by atoms with Crippen LogP contribution in [0.3, 0.4) is 0 Å². The molecule has 0 bridgehead atoms. The maximum absolute atomic E-state index is 9.31. The van der Waals surface area contributed by atoms with Gasteiger partial charge >= 0.3 is 0 Å². The van der Waals surface area contributed by atoms with Crippen LogP contribution in [0.1, 0.15) is 6.92 Å². The zero-order valence-electron chi connectivity index (χ0n) is 6.47. The molecule has 0 aromatic heterocycles. The van der Waals surface area contributed by atoms with E-state index in [1.807, 2.05) is 0 Å². The van der Waals surface area contributed by atoms with Crippen LogP contribution in [0.2, 0.25) is 0 Å². The highest BCUT2D eigenvalue weighted by Gasteiger charge is 2.35. The molecule has 66 valence electrons. The first-order valence-electron chi connectivity index (χ1n) is 3.75. The molecular weight excluding hydrogens is 148 g/mol. The van der Waals surface area contributed by atoms with E-state index in [9.17, 15) is 10.2 Å². The maximum atomic E-state index is 9.31. The summed E-state index contributed by atoms with van der Waals surface area (Å²) in [5, 5.41) is 27.2. The highest BCUT2D eigenvalue weighted by molar-refractivity contribution is 4.84. The molecule has 3 N–H and O–H groups in total. The molecule has 1 aliphatic rings. The third kappa shape index (κ3) is 1.70. The van der Waals surface area contributed by atoms with Crippen LogP contribution in [-0.2, 0) is 4.74 Å². The number of ether oxygens (including phenoxy) is 1. The minimum absolute atomic E-state index is 0.0622. The molecule has 0 aromatic carbocycles.